The average Bonchev–Trinajstić information content (AvgIpc) is 2.45. The number of hydrogen-bond acceptors (Lipinski definition) is 2. The fourth-order valence-electron chi connectivity index (χ4n) is 2.32. The molecule has 2 aliphatic heterocycles. The molecule has 4 heteroatoms. The molecule has 0 aromatic heterocycles. The number of nitrogens with one attached hydrogen (secondary N) is 1. The van der Waals surface area contributed by atoms with E-state index in [0.29, 0.717) is 5.41 Å². The zero-order valence-corrected chi connectivity index (χ0v) is 9.85. The molecule has 2 nitrogen and oxygen atoms in total. The first-order valence-corrected chi connectivity index (χ1v) is 4.70. The van der Waals surface area contributed by atoms with Gasteiger partial charge >= 0.3 is 0 Å². The summed E-state index contributed by atoms with van der Waals surface area (Å²) < 4.78 is 0. The van der Waals surface area contributed by atoms with Gasteiger partial charge in [-0.25, -0.2) is 0 Å². The first-order chi connectivity index (χ1) is 5.31. The lowest BCUT2D eigenvalue weighted by atomic mass is 9.78. The largest absolute Gasteiger partial charge is 0.316 e. The van der Waals surface area contributed by atoms with E-state index in [-0.39, 0.29) is 24.8 Å². The molecular formula is C9H20Cl2N2. The Morgan fingerprint density at radius 3 is 2.15 bits per heavy atom. The molecule has 2 fully saturated rings. The summed E-state index contributed by atoms with van der Waals surface area (Å²) >= 11 is 0. The molecular weight excluding hydrogens is 207 g/mol. The summed E-state index contributed by atoms with van der Waals surface area (Å²) in [5, 5.41) is 3.48. The van der Waals surface area contributed by atoms with Crippen molar-refractivity contribution >= 4 is 24.8 Å². The van der Waals surface area contributed by atoms with Crippen molar-refractivity contribution in [3.8, 4) is 0 Å². The topological polar surface area (TPSA) is 15.3 Å². The minimum absolute atomic E-state index is 0. The normalized spacial score (nSPS) is 26.5. The molecule has 2 rings (SSSR count). The predicted octanol–water partition coefficient (Wildman–Crippen LogP) is 1.54. The fraction of sp³-hybridized carbons (Fsp3) is 1.00. The molecule has 80 valence electrons. The minimum Gasteiger partial charge on any atom is -0.316 e. The highest BCUT2D eigenvalue weighted by molar-refractivity contribution is 5.85. The Balaban J connectivity index is 0.000000720. The lowest BCUT2D eigenvalue weighted by Gasteiger charge is -2.37. The number of rotatable bonds is 0. The molecule has 0 radical (unpaired) electrons. The molecule has 0 bridgehead atoms. The average molecular weight is 227 g/mol. The van der Waals surface area contributed by atoms with Crippen molar-refractivity contribution in [3.05, 3.63) is 0 Å². The smallest absolute Gasteiger partial charge is 0.000924 e. The molecule has 0 atom stereocenters. The summed E-state index contributed by atoms with van der Waals surface area (Å²) in [6.07, 6.45) is 4.24. The van der Waals surface area contributed by atoms with E-state index in [1.165, 1.54) is 45.4 Å². The zero-order valence-electron chi connectivity index (χ0n) is 8.21. The van der Waals surface area contributed by atoms with E-state index < -0.39 is 0 Å². The van der Waals surface area contributed by atoms with Gasteiger partial charge in [0, 0.05) is 6.54 Å². The molecule has 0 saturated carbocycles. The van der Waals surface area contributed by atoms with Gasteiger partial charge in [0.1, 0.15) is 0 Å². The Hall–Kier alpha value is 0.500. The maximum atomic E-state index is 3.48. The second-order valence-corrected chi connectivity index (χ2v) is 4.23. The first-order valence-electron chi connectivity index (χ1n) is 4.70. The van der Waals surface area contributed by atoms with Crippen molar-refractivity contribution in [1.82, 2.24) is 10.2 Å². The third-order valence-electron chi connectivity index (χ3n) is 3.38. The van der Waals surface area contributed by atoms with E-state index in [2.05, 4.69) is 17.3 Å². The van der Waals surface area contributed by atoms with Crippen LogP contribution in [0.3, 0.4) is 0 Å². The van der Waals surface area contributed by atoms with Crippen LogP contribution in [0.4, 0.5) is 0 Å². The number of likely N-dealkylation sites (tertiary alicyclic amines) is 1. The standard InChI is InChI=1S/C9H18N2.2ClH/c1-11-6-3-9(4-7-11)2-5-10-8-9;;/h10H,2-8H2,1H3;2*1H. The summed E-state index contributed by atoms with van der Waals surface area (Å²) in [4.78, 5) is 2.45. The molecule has 0 amide bonds. The Labute approximate surface area is 93.3 Å². The highest BCUT2D eigenvalue weighted by atomic mass is 35.5. The Morgan fingerprint density at radius 1 is 1.08 bits per heavy atom. The van der Waals surface area contributed by atoms with Gasteiger partial charge < -0.3 is 10.2 Å². The Bertz CT molecular complexity index is 137. The van der Waals surface area contributed by atoms with Crippen molar-refractivity contribution in [3.63, 3.8) is 0 Å². The summed E-state index contributed by atoms with van der Waals surface area (Å²) in [5.41, 5.74) is 0.701. The van der Waals surface area contributed by atoms with E-state index in [9.17, 15) is 0 Å². The third-order valence-corrected chi connectivity index (χ3v) is 3.38. The number of nitrogens with zero attached hydrogens (tertiary/aromatic N) is 1. The van der Waals surface area contributed by atoms with Crippen LogP contribution in [-0.2, 0) is 0 Å². The molecule has 0 aromatic rings. The number of hydrogen-bond donors (Lipinski definition) is 1. The van der Waals surface area contributed by atoms with Gasteiger partial charge in [-0.2, -0.15) is 0 Å². The second-order valence-electron chi connectivity index (χ2n) is 4.23. The van der Waals surface area contributed by atoms with Crippen molar-refractivity contribution in [2.45, 2.75) is 19.3 Å². The zero-order chi connectivity index (χ0) is 7.73. The highest BCUT2D eigenvalue weighted by Crippen LogP contribution is 2.36. The minimum atomic E-state index is 0. The van der Waals surface area contributed by atoms with Gasteiger partial charge in [0.25, 0.3) is 0 Å². The molecule has 2 saturated heterocycles. The summed E-state index contributed by atoms with van der Waals surface area (Å²) in [6, 6.07) is 0. The molecule has 2 aliphatic rings. The molecule has 1 N–H and O–H groups in total. The van der Waals surface area contributed by atoms with E-state index in [1.54, 1.807) is 0 Å². The Morgan fingerprint density at radius 2 is 1.69 bits per heavy atom. The monoisotopic (exact) mass is 226 g/mol. The van der Waals surface area contributed by atoms with Gasteiger partial charge in [0.2, 0.25) is 0 Å². The van der Waals surface area contributed by atoms with Crippen LogP contribution in [0.5, 0.6) is 0 Å². The van der Waals surface area contributed by atoms with Gasteiger partial charge in [0.15, 0.2) is 0 Å². The lowest BCUT2D eigenvalue weighted by Crippen LogP contribution is -2.39. The van der Waals surface area contributed by atoms with Gasteiger partial charge in [0.05, 0.1) is 0 Å². The molecule has 0 aromatic carbocycles. The molecule has 13 heavy (non-hydrogen) atoms. The number of halogens is 2. The summed E-state index contributed by atoms with van der Waals surface area (Å²) in [6.45, 7) is 5.15. The van der Waals surface area contributed by atoms with Crippen LogP contribution in [0.2, 0.25) is 0 Å². The van der Waals surface area contributed by atoms with Crippen molar-refractivity contribution in [2.75, 3.05) is 33.2 Å². The van der Waals surface area contributed by atoms with Crippen LogP contribution < -0.4 is 5.32 Å². The lowest BCUT2D eigenvalue weighted by molar-refractivity contribution is 0.140. The van der Waals surface area contributed by atoms with Gasteiger partial charge in [-0.3, -0.25) is 0 Å². The van der Waals surface area contributed by atoms with Crippen LogP contribution in [-0.4, -0.2) is 38.1 Å². The van der Waals surface area contributed by atoms with Crippen molar-refractivity contribution < 1.29 is 0 Å². The van der Waals surface area contributed by atoms with E-state index in [1.807, 2.05) is 0 Å². The fourth-order valence-corrected chi connectivity index (χ4v) is 2.32. The van der Waals surface area contributed by atoms with Crippen molar-refractivity contribution in [2.24, 2.45) is 5.41 Å². The van der Waals surface area contributed by atoms with Gasteiger partial charge in [-0.05, 0) is 51.4 Å². The van der Waals surface area contributed by atoms with Crippen LogP contribution >= 0.6 is 24.8 Å². The number of piperidine rings is 1. The molecule has 1 spiro atoms. The second kappa shape index (κ2) is 5.40. The Kier molecular flexibility index (Phi) is 5.61. The van der Waals surface area contributed by atoms with Gasteiger partial charge in [-0.1, -0.05) is 0 Å². The van der Waals surface area contributed by atoms with Gasteiger partial charge in [-0.15, -0.1) is 24.8 Å². The first kappa shape index (κ1) is 13.5. The maximum Gasteiger partial charge on any atom is 0.000924 e. The summed E-state index contributed by atoms with van der Waals surface area (Å²) in [7, 11) is 2.23. The molecule has 2 heterocycles. The molecule has 0 unspecified atom stereocenters. The van der Waals surface area contributed by atoms with E-state index in [4.69, 9.17) is 0 Å². The van der Waals surface area contributed by atoms with Crippen molar-refractivity contribution in [1.29, 1.82) is 0 Å². The van der Waals surface area contributed by atoms with Crippen LogP contribution in [0.25, 0.3) is 0 Å². The van der Waals surface area contributed by atoms with Crippen LogP contribution in [0.1, 0.15) is 19.3 Å². The third kappa shape index (κ3) is 2.98. The van der Waals surface area contributed by atoms with Crippen LogP contribution in [0.15, 0.2) is 0 Å². The predicted molar refractivity (Wildman–Crippen MR) is 61.1 cm³/mol. The maximum absolute atomic E-state index is 3.48. The SMILES string of the molecule is CN1CCC2(CCNC2)CC1.Cl.Cl. The van der Waals surface area contributed by atoms with E-state index in [0.717, 1.165) is 0 Å². The highest BCUT2D eigenvalue weighted by Gasteiger charge is 2.35. The van der Waals surface area contributed by atoms with Crippen LogP contribution in [0, 0.1) is 5.41 Å². The quantitative estimate of drug-likeness (QED) is 0.675. The summed E-state index contributed by atoms with van der Waals surface area (Å²) in [5.74, 6) is 0. The van der Waals surface area contributed by atoms with E-state index >= 15 is 0 Å². The molecule has 0 aliphatic carbocycles.